The Balaban J connectivity index is 1.51. The van der Waals surface area contributed by atoms with Gasteiger partial charge in [-0.15, -0.1) is 5.10 Å². The number of nitrogens with zero attached hydrogens (tertiary/aromatic N) is 5. The largest absolute Gasteiger partial charge is 0.467 e. The van der Waals surface area contributed by atoms with Gasteiger partial charge in [0, 0.05) is 23.7 Å². The number of hydrogen-bond acceptors (Lipinski definition) is 6. The average molecular weight is 447 g/mol. The zero-order valence-electron chi connectivity index (χ0n) is 19.2. The van der Waals surface area contributed by atoms with Crippen LogP contribution in [0.2, 0.25) is 0 Å². The number of aromatic amines is 1. The van der Waals surface area contributed by atoms with Crippen molar-refractivity contribution in [2.24, 2.45) is 0 Å². The number of furan rings is 1. The molecule has 4 aromatic rings. The van der Waals surface area contributed by atoms with Gasteiger partial charge in [-0.25, -0.2) is 4.68 Å². The fourth-order valence-electron chi connectivity index (χ4n) is 5.09. The van der Waals surface area contributed by atoms with Crippen molar-refractivity contribution < 1.29 is 4.42 Å². The molecule has 1 saturated carbocycles. The van der Waals surface area contributed by atoms with Crippen molar-refractivity contribution in [1.82, 2.24) is 30.1 Å². The van der Waals surface area contributed by atoms with Gasteiger partial charge in [-0.2, -0.15) is 0 Å². The first-order chi connectivity index (χ1) is 16.1. The highest BCUT2D eigenvalue weighted by Crippen LogP contribution is 2.33. The van der Waals surface area contributed by atoms with E-state index in [2.05, 4.69) is 45.3 Å². The molecule has 0 spiro atoms. The average Bonchev–Trinajstić information content (AvgIpc) is 3.58. The topological polar surface area (TPSA) is 92.8 Å². The minimum atomic E-state index is -0.0284. The van der Waals surface area contributed by atoms with Crippen molar-refractivity contribution in [3.63, 3.8) is 0 Å². The van der Waals surface area contributed by atoms with Crippen molar-refractivity contribution in [2.75, 3.05) is 0 Å². The lowest BCUT2D eigenvalue weighted by atomic mass is 10.0. The second kappa shape index (κ2) is 9.31. The number of aromatic nitrogens is 5. The lowest BCUT2D eigenvalue weighted by Gasteiger charge is -2.35. The molecule has 0 amide bonds. The van der Waals surface area contributed by atoms with E-state index in [1.807, 2.05) is 35.0 Å². The summed E-state index contributed by atoms with van der Waals surface area (Å²) < 4.78 is 7.34. The molecule has 1 aromatic carbocycles. The second-order valence-electron chi connectivity index (χ2n) is 9.02. The van der Waals surface area contributed by atoms with E-state index in [0.29, 0.717) is 19.1 Å². The summed E-state index contributed by atoms with van der Waals surface area (Å²) in [6.07, 6.45) is 7.18. The van der Waals surface area contributed by atoms with Crippen LogP contribution >= 0.6 is 0 Å². The molecule has 0 saturated heterocycles. The maximum atomic E-state index is 13.0. The van der Waals surface area contributed by atoms with Gasteiger partial charge in [-0.3, -0.25) is 9.69 Å². The van der Waals surface area contributed by atoms with E-state index in [1.54, 1.807) is 6.26 Å². The third kappa shape index (κ3) is 4.48. The van der Waals surface area contributed by atoms with Gasteiger partial charge >= 0.3 is 0 Å². The fourth-order valence-corrected chi connectivity index (χ4v) is 5.09. The van der Waals surface area contributed by atoms with Crippen molar-refractivity contribution >= 4 is 10.9 Å². The number of nitrogens with one attached hydrogen (secondary N) is 1. The third-order valence-electron chi connectivity index (χ3n) is 6.75. The highest BCUT2D eigenvalue weighted by atomic mass is 16.3. The number of aryl methyl sites for hydroxylation is 1. The molecule has 0 radical (unpaired) electrons. The van der Waals surface area contributed by atoms with Crippen LogP contribution in [0, 0.1) is 6.92 Å². The molecule has 1 aliphatic rings. The normalized spacial score (nSPS) is 15.6. The van der Waals surface area contributed by atoms with Crippen LogP contribution in [0.15, 0.2) is 51.9 Å². The number of H-pyrrole nitrogens is 1. The number of fused-ring (bicyclic) bond motifs is 1. The Kier molecular flexibility index (Phi) is 6.09. The smallest absolute Gasteiger partial charge is 0.252 e. The number of hydrogen-bond donors (Lipinski definition) is 1. The Morgan fingerprint density at radius 2 is 2.09 bits per heavy atom. The molecule has 5 rings (SSSR count). The molecule has 1 atom stereocenters. The van der Waals surface area contributed by atoms with Gasteiger partial charge < -0.3 is 9.40 Å². The number of tetrazole rings is 1. The number of rotatable bonds is 8. The SMILES string of the molecule is CC[C@H](c1nnnn1Cc1ccco1)N(Cc1cc2cc(C)ccc2[nH]c1=O)C1CCCC1. The van der Waals surface area contributed by atoms with E-state index >= 15 is 0 Å². The predicted octanol–water partition coefficient (Wildman–Crippen LogP) is 4.36. The summed E-state index contributed by atoms with van der Waals surface area (Å²) >= 11 is 0. The van der Waals surface area contributed by atoms with Gasteiger partial charge in [0.1, 0.15) is 12.3 Å². The first kappa shape index (κ1) is 21.6. The summed E-state index contributed by atoms with van der Waals surface area (Å²) in [5.74, 6) is 1.63. The van der Waals surface area contributed by atoms with E-state index < -0.39 is 0 Å². The van der Waals surface area contributed by atoms with Crippen molar-refractivity contribution in [1.29, 1.82) is 0 Å². The van der Waals surface area contributed by atoms with E-state index in [9.17, 15) is 4.79 Å². The number of pyridine rings is 1. The Morgan fingerprint density at radius 3 is 2.85 bits per heavy atom. The molecule has 3 heterocycles. The molecule has 0 bridgehead atoms. The molecule has 1 aliphatic carbocycles. The molecular formula is C25H30N6O2. The molecular weight excluding hydrogens is 416 g/mol. The summed E-state index contributed by atoms with van der Waals surface area (Å²) in [5, 5.41) is 13.7. The molecule has 1 fully saturated rings. The summed E-state index contributed by atoms with van der Waals surface area (Å²) in [6.45, 7) is 5.28. The molecule has 8 nitrogen and oxygen atoms in total. The molecule has 172 valence electrons. The maximum absolute atomic E-state index is 13.0. The van der Waals surface area contributed by atoms with Crippen LogP contribution in [-0.4, -0.2) is 36.1 Å². The van der Waals surface area contributed by atoms with Crippen LogP contribution < -0.4 is 5.56 Å². The third-order valence-corrected chi connectivity index (χ3v) is 6.75. The van der Waals surface area contributed by atoms with Gasteiger partial charge in [0.2, 0.25) is 0 Å². The molecule has 33 heavy (non-hydrogen) atoms. The Hall–Kier alpha value is -3.26. The first-order valence-corrected chi connectivity index (χ1v) is 11.8. The zero-order valence-corrected chi connectivity index (χ0v) is 19.2. The van der Waals surface area contributed by atoms with Crippen molar-refractivity contribution in [3.8, 4) is 0 Å². The lowest BCUT2D eigenvalue weighted by molar-refractivity contribution is 0.112. The van der Waals surface area contributed by atoms with Crippen LogP contribution in [0.1, 0.15) is 67.8 Å². The summed E-state index contributed by atoms with van der Waals surface area (Å²) in [4.78, 5) is 18.5. The Labute approximate surface area is 192 Å². The van der Waals surface area contributed by atoms with Gasteiger partial charge in [-0.05, 0) is 72.3 Å². The van der Waals surface area contributed by atoms with Crippen LogP contribution in [0.3, 0.4) is 0 Å². The maximum Gasteiger partial charge on any atom is 0.252 e. The van der Waals surface area contributed by atoms with Crippen LogP contribution in [0.25, 0.3) is 10.9 Å². The number of benzene rings is 1. The van der Waals surface area contributed by atoms with Gasteiger partial charge in [0.05, 0.1) is 12.3 Å². The second-order valence-corrected chi connectivity index (χ2v) is 9.02. The first-order valence-electron chi connectivity index (χ1n) is 11.8. The van der Waals surface area contributed by atoms with Crippen LogP contribution in [0.5, 0.6) is 0 Å². The van der Waals surface area contributed by atoms with E-state index in [1.165, 1.54) is 18.4 Å². The fraction of sp³-hybridized carbons (Fsp3) is 0.440. The molecule has 8 heteroatoms. The molecule has 0 unspecified atom stereocenters. The lowest BCUT2D eigenvalue weighted by Crippen LogP contribution is -2.39. The van der Waals surface area contributed by atoms with E-state index in [4.69, 9.17) is 4.42 Å². The van der Waals surface area contributed by atoms with Crippen LogP contribution in [0.4, 0.5) is 0 Å². The Bertz CT molecular complexity index is 1270. The van der Waals surface area contributed by atoms with Gasteiger partial charge in [-0.1, -0.05) is 31.4 Å². The van der Waals surface area contributed by atoms with Crippen molar-refractivity contribution in [2.45, 2.75) is 71.1 Å². The zero-order chi connectivity index (χ0) is 22.8. The Morgan fingerprint density at radius 1 is 1.24 bits per heavy atom. The quantitative estimate of drug-likeness (QED) is 0.432. The van der Waals surface area contributed by atoms with Crippen molar-refractivity contribution in [3.05, 3.63) is 75.7 Å². The van der Waals surface area contributed by atoms with Gasteiger partial charge in [0.25, 0.3) is 5.56 Å². The predicted molar refractivity (Wildman–Crippen MR) is 126 cm³/mol. The molecule has 0 aliphatic heterocycles. The minimum Gasteiger partial charge on any atom is -0.467 e. The van der Waals surface area contributed by atoms with E-state index in [-0.39, 0.29) is 11.6 Å². The van der Waals surface area contributed by atoms with E-state index in [0.717, 1.165) is 47.3 Å². The highest BCUT2D eigenvalue weighted by Gasteiger charge is 2.32. The summed E-state index contributed by atoms with van der Waals surface area (Å²) in [5.41, 5.74) is 2.80. The molecule has 3 aromatic heterocycles. The van der Waals surface area contributed by atoms with Crippen LogP contribution in [-0.2, 0) is 13.1 Å². The standard InChI is InChI=1S/C25H30N6O2/c1-3-23(24-27-28-29-31(24)16-21-9-6-12-33-21)30(20-7-4-5-8-20)15-19-14-18-13-17(2)10-11-22(18)26-25(19)32/h6,9-14,20,23H,3-5,7-8,15-16H2,1-2H3,(H,26,32)/t23-/m1/s1. The monoisotopic (exact) mass is 446 g/mol. The summed E-state index contributed by atoms with van der Waals surface area (Å²) in [7, 11) is 0. The minimum absolute atomic E-state index is 0.00525. The molecule has 1 N–H and O–H groups in total. The van der Waals surface area contributed by atoms with Gasteiger partial charge in [0.15, 0.2) is 5.82 Å². The highest BCUT2D eigenvalue weighted by molar-refractivity contribution is 5.79. The summed E-state index contributed by atoms with van der Waals surface area (Å²) in [6, 6.07) is 12.4.